The first-order chi connectivity index (χ1) is 13.2. The molecule has 1 saturated heterocycles. The lowest BCUT2D eigenvalue weighted by atomic mass is 10.1. The number of hydrogen-bond acceptors (Lipinski definition) is 6. The number of hydrogen-bond donors (Lipinski definition) is 3. The fourth-order valence-corrected chi connectivity index (χ4v) is 2.62. The van der Waals surface area contributed by atoms with Crippen molar-refractivity contribution in [2.24, 2.45) is 0 Å². The van der Waals surface area contributed by atoms with E-state index in [0.29, 0.717) is 6.04 Å². The van der Waals surface area contributed by atoms with Crippen LogP contribution in [0.4, 0.5) is 11.6 Å². The number of rotatable bonds is 4. The third-order valence-electron chi connectivity index (χ3n) is 4.23. The van der Waals surface area contributed by atoms with Gasteiger partial charge in [0.25, 0.3) is 0 Å². The molecule has 0 saturated carbocycles. The van der Waals surface area contributed by atoms with E-state index in [0.717, 1.165) is 24.7 Å². The van der Waals surface area contributed by atoms with E-state index in [1.807, 2.05) is 26.0 Å². The SMILES string of the molecule is C/C=C(\C)c1ccccc1.C=O.CNc1cc(NC2CCCNC2)ncn1. The second-order valence-electron chi connectivity index (χ2n) is 6.06. The van der Waals surface area contributed by atoms with Crippen LogP contribution in [0.2, 0.25) is 0 Å². The van der Waals surface area contributed by atoms with Gasteiger partial charge in [-0.15, -0.1) is 0 Å². The zero-order valence-corrected chi connectivity index (χ0v) is 16.5. The summed E-state index contributed by atoms with van der Waals surface area (Å²) in [6.07, 6.45) is 6.12. The van der Waals surface area contributed by atoms with Crippen LogP contribution < -0.4 is 16.0 Å². The van der Waals surface area contributed by atoms with Crippen molar-refractivity contribution in [1.82, 2.24) is 15.3 Å². The van der Waals surface area contributed by atoms with E-state index >= 15 is 0 Å². The number of benzene rings is 1. The lowest BCUT2D eigenvalue weighted by Gasteiger charge is -2.24. The molecule has 2 aromatic rings. The average Bonchev–Trinajstić information content (AvgIpc) is 2.76. The molecular weight excluding hydrogens is 338 g/mol. The molecule has 1 aromatic heterocycles. The summed E-state index contributed by atoms with van der Waals surface area (Å²) in [5, 5.41) is 9.76. The third-order valence-corrected chi connectivity index (χ3v) is 4.23. The zero-order valence-electron chi connectivity index (χ0n) is 16.5. The van der Waals surface area contributed by atoms with Crippen LogP contribution in [0.5, 0.6) is 0 Å². The number of carbonyl (C=O) groups excluding carboxylic acids is 1. The highest BCUT2D eigenvalue weighted by Crippen LogP contribution is 2.12. The van der Waals surface area contributed by atoms with E-state index in [2.05, 4.69) is 70.1 Å². The molecule has 146 valence electrons. The van der Waals surface area contributed by atoms with Gasteiger partial charge in [-0.25, -0.2) is 9.97 Å². The largest absolute Gasteiger partial charge is 0.373 e. The Morgan fingerprint density at radius 3 is 2.52 bits per heavy atom. The normalized spacial score (nSPS) is 16.1. The van der Waals surface area contributed by atoms with E-state index in [1.165, 1.54) is 24.0 Å². The van der Waals surface area contributed by atoms with Gasteiger partial charge >= 0.3 is 0 Å². The third kappa shape index (κ3) is 8.46. The maximum Gasteiger partial charge on any atom is 0.131 e. The second kappa shape index (κ2) is 13.5. The lowest BCUT2D eigenvalue weighted by molar-refractivity contribution is -0.0979. The highest BCUT2D eigenvalue weighted by molar-refractivity contribution is 5.62. The molecule has 3 rings (SSSR count). The number of aromatic nitrogens is 2. The number of piperidine rings is 1. The summed E-state index contributed by atoms with van der Waals surface area (Å²) in [7, 11) is 1.86. The molecule has 1 aromatic carbocycles. The summed E-state index contributed by atoms with van der Waals surface area (Å²) in [6, 6.07) is 12.8. The molecule has 0 spiro atoms. The molecule has 2 heterocycles. The molecular formula is C21H31N5O. The van der Waals surface area contributed by atoms with Gasteiger partial charge in [0.05, 0.1) is 0 Å². The van der Waals surface area contributed by atoms with Crippen molar-refractivity contribution in [3.05, 3.63) is 54.4 Å². The van der Waals surface area contributed by atoms with Crippen molar-refractivity contribution >= 4 is 24.0 Å². The number of allylic oxidation sites excluding steroid dienone is 2. The van der Waals surface area contributed by atoms with Gasteiger partial charge < -0.3 is 20.7 Å². The zero-order chi connectivity index (χ0) is 19.9. The van der Waals surface area contributed by atoms with Crippen LogP contribution in [0.1, 0.15) is 32.3 Å². The molecule has 1 aliphatic heterocycles. The topological polar surface area (TPSA) is 78.9 Å². The van der Waals surface area contributed by atoms with Crippen molar-refractivity contribution in [3.63, 3.8) is 0 Å². The Hall–Kier alpha value is -2.73. The van der Waals surface area contributed by atoms with Gasteiger partial charge in [0.1, 0.15) is 24.8 Å². The monoisotopic (exact) mass is 369 g/mol. The summed E-state index contributed by atoms with van der Waals surface area (Å²) in [5.41, 5.74) is 2.64. The van der Waals surface area contributed by atoms with Crippen LogP contribution in [0.25, 0.3) is 5.57 Å². The molecule has 1 fully saturated rings. The van der Waals surface area contributed by atoms with Crippen LogP contribution in [0, 0.1) is 0 Å². The van der Waals surface area contributed by atoms with Crippen LogP contribution in [0.3, 0.4) is 0 Å². The van der Waals surface area contributed by atoms with Crippen LogP contribution in [0.15, 0.2) is 48.8 Å². The molecule has 0 aliphatic carbocycles. The molecule has 1 aliphatic rings. The molecule has 6 nitrogen and oxygen atoms in total. The van der Waals surface area contributed by atoms with E-state index in [9.17, 15) is 0 Å². The standard InChI is InChI=1S/C10H17N5.C10H12.CH2O/c1-11-9-5-10(14-7-13-9)15-8-3-2-4-12-6-8;1-3-9(2)10-7-5-4-6-8-10;1-2/h5,7-8,12H,2-4,6H2,1H3,(H2,11,13,14,15);3-8H,1-2H3;1H2/b;9-3+;. The Balaban J connectivity index is 0.000000265. The molecule has 0 bridgehead atoms. The number of anilines is 2. The molecule has 27 heavy (non-hydrogen) atoms. The van der Waals surface area contributed by atoms with Crippen molar-refractivity contribution in [2.75, 3.05) is 30.8 Å². The van der Waals surface area contributed by atoms with Gasteiger partial charge in [-0.3, -0.25) is 0 Å². The molecule has 1 atom stereocenters. The summed E-state index contributed by atoms with van der Waals surface area (Å²) in [6.45, 7) is 8.32. The first kappa shape index (κ1) is 22.3. The van der Waals surface area contributed by atoms with Crippen molar-refractivity contribution in [3.8, 4) is 0 Å². The van der Waals surface area contributed by atoms with Crippen LogP contribution >= 0.6 is 0 Å². The Morgan fingerprint density at radius 2 is 1.93 bits per heavy atom. The highest BCUT2D eigenvalue weighted by Gasteiger charge is 2.12. The van der Waals surface area contributed by atoms with Gasteiger partial charge in [-0.1, -0.05) is 36.4 Å². The minimum Gasteiger partial charge on any atom is -0.373 e. The fraction of sp³-hybridized carbons (Fsp3) is 0.381. The van der Waals surface area contributed by atoms with E-state index in [-0.39, 0.29) is 0 Å². The van der Waals surface area contributed by atoms with Gasteiger partial charge in [0.2, 0.25) is 0 Å². The minimum absolute atomic E-state index is 0.485. The summed E-state index contributed by atoms with van der Waals surface area (Å²) in [4.78, 5) is 16.3. The van der Waals surface area contributed by atoms with Crippen LogP contribution in [-0.4, -0.2) is 42.9 Å². The molecule has 6 heteroatoms. The smallest absolute Gasteiger partial charge is 0.131 e. The van der Waals surface area contributed by atoms with Gasteiger partial charge in [0.15, 0.2) is 0 Å². The summed E-state index contributed by atoms with van der Waals surface area (Å²) >= 11 is 0. The maximum atomic E-state index is 8.00. The van der Waals surface area contributed by atoms with Crippen molar-refractivity contribution in [1.29, 1.82) is 0 Å². The number of carbonyl (C=O) groups is 1. The predicted molar refractivity (Wildman–Crippen MR) is 114 cm³/mol. The van der Waals surface area contributed by atoms with Gasteiger partial charge in [-0.2, -0.15) is 0 Å². The molecule has 0 radical (unpaired) electrons. The molecule has 0 amide bonds. The Labute approximate surface area is 162 Å². The van der Waals surface area contributed by atoms with Crippen molar-refractivity contribution < 1.29 is 4.79 Å². The van der Waals surface area contributed by atoms with Gasteiger partial charge in [-0.05, 0) is 44.4 Å². The number of nitrogens with one attached hydrogen (secondary N) is 3. The van der Waals surface area contributed by atoms with E-state index in [4.69, 9.17) is 4.79 Å². The van der Waals surface area contributed by atoms with Crippen LogP contribution in [-0.2, 0) is 4.79 Å². The summed E-state index contributed by atoms with van der Waals surface area (Å²) < 4.78 is 0. The fourth-order valence-electron chi connectivity index (χ4n) is 2.62. The Morgan fingerprint density at radius 1 is 1.22 bits per heavy atom. The van der Waals surface area contributed by atoms with Crippen molar-refractivity contribution in [2.45, 2.75) is 32.7 Å². The van der Waals surface area contributed by atoms with E-state index < -0.39 is 0 Å². The van der Waals surface area contributed by atoms with Gasteiger partial charge in [0, 0.05) is 25.7 Å². The quantitative estimate of drug-likeness (QED) is 0.764. The summed E-state index contributed by atoms with van der Waals surface area (Å²) in [5.74, 6) is 1.74. The molecule has 3 N–H and O–H groups in total. The Bertz CT molecular complexity index is 669. The minimum atomic E-state index is 0.485. The molecule has 1 unspecified atom stereocenters. The lowest BCUT2D eigenvalue weighted by Crippen LogP contribution is -2.38. The first-order valence-electron chi connectivity index (χ1n) is 9.17. The second-order valence-corrected chi connectivity index (χ2v) is 6.06. The maximum absolute atomic E-state index is 8.00. The predicted octanol–water partition coefficient (Wildman–Crippen LogP) is 3.61. The first-order valence-corrected chi connectivity index (χ1v) is 9.17. The average molecular weight is 370 g/mol. The number of nitrogens with zero attached hydrogens (tertiary/aromatic N) is 2. The Kier molecular flexibility index (Phi) is 11.1. The van der Waals surface area contributed by atoms with E-state index in [1.54, 1.807) is 6.33 Å². The highest BCUT2D eigenvalue weighted by atomic mass is 16.1.